The molecule has 0 aliphatic heterocycles. The Balaban J connectivity index is 2.42. The predicted molar refractivity (Wildman–Crippen MR) is 66.7 cm³/mol. The first kappa shape index (κ1) is 10.1. The fourth-order valence-corrected chi connectivity index (χ4v) is 2.06. The van der Waals surface area contributed by atoms with Crippen LogP contribution >= 0.6 is 11.6 Å². The molecule has 0 saturated carbocycles. The van der Waals surface area contributed by atoms with Gasteiger partial charge in [-0.15, -0.1) is 0 Å². The number of fused-ring (bicyclic) bond motifs is 1. The van der Waals surface area contributed by atoms with Crippen molar-refractivity contribution in [1.29, 1.82) is 0 Å². The molecule has 0 aliphatic rings. The number of aromatic amines is 1. The molecule has 17 heavy (non-hydrogen) atoms. The normalized spacial score (nSPS) is 10.9. The number of rotatable bonds is 1. The average molecular weight is 246 g/mol. The molecular formula is C12H8ClN3O. The Morgan fingerprint density at radius 2 is 1.94 bits per heavy atom. The number of imidazole rings is 1. The van der Waals surface area contributed by atoms with Crippen LogP contribution in [0.15, 0.2) is 47.5 Å². The molecular weight excluding hydrogens is 238 g/mol. The molecule has 0 fully saturated rings. The summed E-state index contributed by atoms with van der Waals surface area (Å²) in [5.41, 5.74) is 1.96. The topological polar surface area (TPSA) is 50.7 Å². The number of halogens is 1. The van der Waals surface area contributed by atoms with Crippen LogP contribution in [-0.2, 0) is 0 Å². The van der Waals surface area contributed by atoms with Crippen molar-refractivity contribution in [1.82, 2.24) is 14.5 Å². The highest BCUT2D eigenvalue weighted by molar-refractivity contribution is 6.34. The number of H-pyrrole nitrogens is 1. The lowest BCUT2D eigenvalue weighted by molar-refractivity contribution is 1.01. The highest BCUT2D eigenvalue weighted by atomic mass is 35.5. The van der Waals surface area contributed by atoms with Crippen LogP contribution in [0.3, 0.4) is 0 Å². The molecule has 2 aromatic heterocycles. The van der Waals surface area contributed by atoms with E-state index in [-0.39, 0.29) is 5.69 Å². The fourth-order valence-electron chi connectivity index (χ4n) is 1.84. The van der Waals surface area contributed by atoms with Crippen molar-refractivity contribution in [3.8, 4) is 5.69 Å². The molecule has 0 radical (unpaired) electrons. The predicted octanol–water partition coefficient (Wildman–Crippen LogP) is 2.37. The van der Waals surface area contributed by atoms with Gasteiger partial charge in [0, 0.05) is 12.4 Å². The minimum absolute atomic E-state index is 0.209. The van der Waals surface area contributed by atoms with Gasteiger partial charge in [-0.05, 0) is 24.3 Å². The van der Waals surface area contributed by atoms with Crippen LogP contribution in [0.5, 0.6) is 0 Å². The second-order valence-corrected chi connectivity index (χ2v) is 4.01. The summed E-state index contributed by atoms with van der Waals surface area (Å²) in [5, 5.41) is 0.535. The van der Waals surface area contributed by atoms with Gasteiger partial charge >= 0.3 is 5.69 Å². The highest BCUT2D eigenvalue weighted by Crippen LogP contribution is 2.21. The van der Waals surface area contributed by atoms with Crippen LogP contribution < -0.4 is 5.69 Å². The Hall–Kier alpha value is -2.07. The van der Waals surface area contributed by atoms with E-state index in [1.165, 1.54) is 0 Å². The first-order chi connectivity index (χ1) is 8.27. The molecule has 1 aromatic carbocycles. The molecule has 3 aromatic rings. The number of nitrogens with one attached hydrogen (secondary N) is 1. The van der Waals surface area contributed by atoms with Crippen molar-refractivity contribution < 1.29 is 0 Å². The largest absolute Gasteiger partial charge is 0.331 e. The SMILES string of the molecule is O=c1[nH]c2c(Cl)cccc2n1-c1ccncc1. The molecule has 5 heteroatoms. The summed E-state index contributed by atoms with van der Waals surface area (Å²) in [7, 11) is 0. The third kappa shape index (κ3) is 1.54. The van der Waals surface area contributed by atoms with Crippen LogP contribution in [-0.4, -0.2) is 14.5 Å². The third-order valence-electron chi connectivity index (χ3n) is 2.59. The van der Waals surface area contributed by atoms with Crippen LogP contribution in [0, 0.1) is 0 Å². The number of hydrogen-bond donors (Lipinski definition) is 1. The molecule has 2 heterocycles. The molecule has 0 unspecified atom stereocenters. The Morgan fingerprint density at radius 1 is 1.18 bits per heavy atom. The van der Waals surface area contributed by atoms with Crippen molar-refractivity contribution in [2.45, 2.75) is 0 Å². The molecule has 0 saturated heterocycles. The van der Waals surface area contributed by atoms with Crippen LogP contribution in [0.25, 0.3) is 16.7 Å². The minimum atomic E-state index is -0.209. The maximum Gasteiger partial charge on any atom is 0.331 e. The zero-order valence-electron chi connectivity index (χ0n) is 8.72. The summed E-state index contributed by atoms with van der Waals surface area (Å²) in [6.45, 7) is 0. The smallest absolute Gasteiger partial charge is 0.304 e. The third-order valence-corrected chi connectivity index (χ3v) is 2.90. The summed E-state index contributed by atoms with van der Waals surface area (Å²) in [4.78, 5) is 18.6. The number of pyridine rings is 1. The standard InChI is InChI=1S/C12H8ClN3O/c13-9-2-1-3-10-11(9)15-12(17)16(10)8-4-6-14-7-5-8/h1-7H,(H,15,17). The fraction of sp³-hybridized carbons (Fsp3) is 0. The van der Waals surface area contributed by atoms with Gasteiger partial charge in [-0.1, -0.05) is 17.7 Å². The number of hydrogen-bond acceptors (Lipinski definition) is 2. The van der Waals surface area contributed by atoms with E-state index in [0.29, 0.717) is 10.5 Å². The van der Waals surface area contributed by atoms with Crippen LogP contribution in [0.2, 0.25) is 5.02 Å². The van der Waals surface area contributed by atoms with Crippen molar-refractivity contribution >= 4 is 22.6 Å². The summed E-state index contributed by atoms with van der Waals surface area (Å²) in [6.07, 6.45) is 3.29. The van der Waals surface area contributed by atoms with Gasteiger partial charge in [0.05, 0.1) is 21.7 Å². The van der Waals surface area contributed by atoms with Crippen molar-refractivity contribution in [3.05, 3.63) is 58.2 Å². The quantitative estimate of drug-likeness (QED) is 0.716. The zero-order chi connectivity index (χ0) is 11.8. The van der Waals surface area contributed by atoms with Gasteiger partial charge in [-0.2, -0.15) is 0 Å². The maximum absolute atomic E-state index is 11.9. The molecule has 0 bridgehead atoms. The van der Waals surface area contributed by atoms with Crippen LogP contribution in [0.1, 0.15) is 0 Å². The molecule has 3 rings (SSSR count). The lowest BCUT2D eigenvalue weighted by atomic mass is 10.3. The average Bonchev–Trinajstić information content (AvgIpc) is 2.68. The Labute approximate surface area is 101 Å². The van der Waals surface area contributed by atoms with Gasteiger partial charge < -0.3 is 4.98 Å². The Bertz CT molecular complexity index is 730. The first-order valence-electron chi connectivity index (χ1n) is 5.07. The maximum atomic E-state index is 11.9. The lowest BCUT2D eigenvalue weighted by Gasteiger charge is -2.02. The summed E-state index contributed by atoms with van der Waals surface area (Å²) in [6, 6.07) is 8.96. The van der Waals surface area contributed by atoms with Crippen molar-refractivity contribution in [2.75, 3.05) is 0 Å². The number of para-hydroxylation sites is 1. The second kappa shape index (κ2) is 3.75. The van der Waals surface area contributed by atoms with E-state index in [1.54, 1.807) is 35.2 Å². The summed E-state index contributed by atoms with van der Waals surface area (Å²) >= 11 is 6.03. The second-order valence-electron chi connectivity index (χ2n) is 3.60. The lowest BCUT2D eigenvalue weighted by Crippen LogP contribution is -2.14. The molecule has 0 aliphatic carbocycles. The van der Waals surface area contributed by atoms with Crippen LogP contribution in [0.4, 0.5) is 0 Å². The van der Waals surface area contributed by atoms with Crippen molar-refractivity contribution in [3.63, 3.8) is 0 Å². The number of aromatic nitrogens is 3. The summed E-state index contributed by atoms with van der Waals surface area (Å²) < 4.78 is 1.57. The van der Waals surface area contributed by atoms with E-state index in [1.807, 2.05) is 12.1 Å². The number of nitrogens with zero attached hydrogens (tertiary/aromatic N) is 2. The number of benzene rings is 1. The zero-order valence-corrected chi connectivity index (χ0v) is 9.48. The summed E-state index contributed by atoms with van der Waals surface area (Å²) in [5.74, 6) is 0. The first-order valence-corrected chi connectivity index (χ1v) is 5.45. The monoisotopic (exact) mass is 245 g/mol. The molecule has 0 spiro atoms. The minimum Gasteiger partial charge on any atom is -0.304 e. The van der Waals surface area contributed by atoms with E-state index in [9.17, 15) is 4.79 Å². The Kier molecular flexibility index (Phi) is 2.23. The van der Waals surface area contributed by atoms with E-state index < -0.39 is 0 Å². The molecule has 1 N–H and O–H groups in total. The molecule has 0 amide bonds. The van der Waals surface area contributed by atoms with Gasteiger partial charge in [0.25, 0.3) is 0 Å². The van der Waals surface area contributed by atoms with Gasteiger partial charge in [0.15, 0.2) is 0 Å². The molecule has 0 atom stereocenters. The molecule has 84 valence electrons. The van der Waals surface area contributed by atoms with Gasteiger partial charge in [-0.3, -0.25) is 9.55 Å². The molecule has 4 nitrogen and oxygen atoms in total. The van der Waals surface area contributed by atoms with E-state index in [0.717, 1.165) is 11.2 Å². The van der Waals surface area contributed by atoms with E-state index in [4.69, 9.17) is 11.6 Å². The Morgan fingerprint density at radius 3 is 2.71 bits per heavy atom. The van der Waals surface area contributed by atoms with Gasteiger partial charge in [0.2, 0.25) is 0 Å². The highest BCUT2D eigenvalue weighted by Gasteiger charge is 2.09. The van der Waals surface area contributed by atoms with Gasteiger partial charge in [0.1, 0.15) is 0 Å². The van der Waals surface area contributed by atoms with E-state index in [2.05, 4.69) is 9.97 Å². The van der Waals surface area contributed by atoms with Gasteiger partial charge in [-0.25, -0.2) is 4.79 Å². The van der Waals surface area contributed by atoms with Crippen molar-refractivity contribution in [2.24, 2.45) is 0 Å². The van der Waals surface area contributed by atoms with E-state index >= 15 is 0 Å².